The summed E-state index contributed by atoms with van der Waals surface area (Å²) in [6, 6.07) is 0. The van der Waals surface area contributed by atoms with Crippen LogP contribution in [0.3, 0.4) is 0 Å². The Labute approximate surface area is 124 Å². The van der Waals surface area contributed by atoms with E-state index in [4.69, 9.17) is 5.73 Å². The van der Waals surface area contributed by atoms with Gasteiger partial charge in [-0.1, -0.05) is 6.92 Å². The summed E-state index contributed by atoms with van der Waals surface area (Å²) in [5.74, 6) is -1.71. The molecular weight excluding hydrogens is 283 g/mol. The highest BCUT2D eigenvalue weighted by molar-refractivity contribution is 5.84. The quantitative estimate of drug-likeness (QED) is 0.755. The summed E-state index contributed by atoms with van der Waals surface area (Å²) in [6.45, 7) is 5.47. The number of nitrogens with one attached hydrogen (secondary N) is 1. The number of nitrogens with zero attached hydrogens (tertiary/aromatic N) is 1. The number of carbonyl (C=O) groups excluding carboxylic acids is 1. The number of hydrogen-bond acceptors (Lipinski definition) is 3. The molecule has 0 aliphatic carbocycles. The fourth-order valence-electron chi connectivity index (χ4n) is 2.61. The molecule has 1 amide bonds. The van der Waals surface area contributed by atoms with E-state index < -0.39 is 23.5 Å². The second-order valence-electron chi connectivity index (χ2n) is 6.05. The molecule has 0 radical (unpaired) electrons. The summed E-state index contributed by atoms with van der Waals surface area (Å²) in [4.78, 5) is 13.4. The number of likely N-dealkylation sites (tertiary alicyclic amines) is 1. The molecule has 7 heteroatoms. The number of primary amides is 1. The zero-order valence-corrected chi connectivity index (χ0v) is 12.8. The van der Waals surface area contributed by atoms with E-state index in [0.29, 0.717) is 32.5 Å². The Balaban J connectivity index is 2.54. The predicted molar refractivity (Wildman–Crippen MR) is 75.7 cm³/mol. The van der Waals surface area contributed by atoms with Crippen LogP contribution in [0, 0.1) is 5.92 Å². The molecule has 2 unspecified atom stereocenters. The fraction of sp³-hybridized carbons (Fsp3) is 0.929. The average Bonchev–Trinajstić information content (AvgIpc) is 2.42. The topological polar surface area (TPSA) is 58.4 Å². The molecule has 0 aromatic heterocycles. The van der Waals surface area contributed by atoms with E-state index in [1.54, 1.807) is 11.8 Å². The van der Waals surface area contributed by atoms with Crippen LogP contribution in [-0.2, 0) is 4.79 Å². The first kappa shape index (κ1) is 18.2. The largest absolute Gasteiger partial charge is 0.393 e. The van der Waals surface area contributed by atoms with Crippen LogP contribution in [0.25, 0.3) is 0 Å². The van der Waals surface area contributed by atoms with Gasteiger partial charge in [0.15, 0.2) is 0 Å². The SMILES string of the molecule is CCCNC(C)(CCN1CCCC(C(F)(F)F)C1)C(N)=O. The van der Waals surface area contributed by atoms with Crippen LogP contribution in [0.2, 0.25) is 0 Å². The number of halogens is 3. The van der Waals surface area contributed by atoms with Crippen molar-refractivity contribution < 1.29 is 18.0 Å². The molecule has 4 nitrogen and oxygen atoms in total. The molecule has 0 bridgehead atoms. The number of hydrogen-bond donors (Lipinski definition) is 2. The van der Waals surface area contributed by atoms with Crippen molar-refractivity contribution in [3.8, 4) is 0 Å². The first-order valence-electron chi connectivity index (χ1n) is 7.53. The summed E-state index contributed by atoms with van der Waals surface area (Å²) < 4.78 is 38.3. The molecule has 124 valence electrons. The van der Waals surface area contributed by atoms with Crippen molar-refractivity contribution in [3.63, 3.8) is 0 Å². The third-order valence-electron chi connectivity index (χ3n) is 4.21. The van der Waals surface area contributed by atoms with Gasteiger partial charge in [0.2, 0.25) is 5.91 Å². The average molecular weight is 309 g/mol. The number of rotatable bonds is 7. The maximum Gasteiger partial charge on any atom is 0.393 e. The predicted octanol–water partition coefficient (Wildman–Crippen LogP) is 1.89. The number of amides is 1. The molecule has 1 rings (SSSR count). The van der Waals surface area contributed by atoms with Gasteiger partial charge in [-0.3, -0.25) is 4.79 Å². The molecule has 3 N–H and O–H groups in total. The van der Waals surface area contributed by atoms with Gasteiger partial charge >= 0.3 is 6.18 Å². The minimum absolute atomic E-state index is 0.0200. The lowest BCUT2D eigenvalue weighted by molar-refractivity contribution is -0.186. The van der Waals surface area contributed by atoms with Crippen molar-refractivity contribution in [1.29, 1.82) is 0 Å². The van der Waals surface area contributed by atoms with Crippen molar-refractivity contribution in [3.05, 3.63) is 0 Å². The van der Waals surface area contributed by atoms with Gasteiger partial charge in [-0.2, -0.15) is 13.2 Å². The third-order valence-corrected chi connectivity index (χ3v) is 4.21. The summed E-state index contributed by atoms with van der Waals surface area (Å²) in [7, 11) is 0. The van der Waals surface area contributed by atoms with E-state index in [-0.39, 0.29) is 13.0 Å². The van der Waals surface area contributed by atoms with Crippen LogP contribution in [0.5, 0.6) is 0 Å². The molecule has 1 saturated heterocycles. The standard InChI is InChI=1S/C14H26F3N3O/c1-3-7-19-13(2,12(18)21)6-9-20-8-4-5-11(10-20)14(15,16)17/h11,19H,3-10H2,1-2H3,(H2,18,21). The van der Waals surface area contributed by atoms with Crippen molar-refractivity contribution in [2.24, 2.45) is 11.7 Å². The van der Waals surface area contributed by atoms with Gasteiger partial charge in [0.25, 0.3) is 0 Å². The van der Waals surface area contributed by atoms with Crippen LogP contribution in [-0.4, -0.2) is 48.7 Å². The van der Waals surface area contributed by atoms with E-state index in [1.807, 2.05) is 6.92 Å². The Bertz CT molecular complexity index is 349. The molecule has 0 aromatic carbocycles. The van der Waals surface area contributed by atoms with Crippen LogP contribution in [0.1, 0.15) is 39.5 Å². The van der Waals surface area contributed by atoms with Crippen molar-refractivity contribution in [2.45, 2.75) is 51.2 Å². The maximum absolute atomic E-state index is 12.8. The molecular formula is C14H26F3N3O. The summed E-state index contributed by atoms with van der Waals surface area (Å²) >= 11 is 0. The Kier molecular flexibility index (Phi) is 6.46. The molecule has 1 heterocycles. The molecule has 1 fully saturated rings. The second kappa shape index (κ2) is 7.45. The smallest absolute Gasteiger partial charge is 0.368 e. The number of carbonyl (C=O) groups is 1. The monoisotopic (exact) mass is 309 g/mol. The lowest BCUT2D eigenvalue weighted by Gasteiger charge is -2.36. The fourth-order valence-corrected chi connectivity index (χ4v) is 2.61. The first-order chi connectivity index (χ1) is 9.69. The minimum atomic E-state index is -4.13. The highest BCUT2D eigenvalue weighted by Gasteiger charge is 2.42. The highest BCUT2D eigenvalue weighted by Crippen LogP contribution is 2.33. The Morgan fingerprint density at radius 3 is 2.62 bits per heavy atom. The van der Waals surface area contributed by atoms with Gasteiger partial charge in [0.05, 0.1) is 11.5 Å². The zero-order valence-electron chi connectivity index (χ0n) is 12.8. The van der Waals surface area contributed by atoms with Gasteiger partial charge in [0.1, 0.15) is 0 Å². The minimum Gasteiger partial charge on any atom is -0.368 e. The highest BCUT2D eigenvalue weighted by atomic mass is 19.4. The third kappa shape index (κ3) is 5.47. The Morgan fingerprint density at radius 2 is 2.10 bits per heavy atom. The van der Waals surface area contributed by atoms with Gasteiger partial charge < -0.3 is 16.0 Å². The normalized spacial score (nSPS) is 23.8. The number of alkyl halides is 3. The molecule has 21 heavy (non-hydrogen) atoms. The van der Waals surface area contributed by atoms with Gasteiger partial charge in [0, 0.05) is 13.1 Å². The first-order valence-corrected chi connectivity index (χ1v) is 7.53. The van der Waals surface area contributed by atoms with E-state index in [0.717, 1.165) is 6.42 Å². The molecule has 1 aliphatic heterocycles. The second-order valence-corrected chi connectivity index (χ2v) is 6.05. The van der Waals surface area contributed by atoms with E-state index >= 15 is 0 Å². The Hall–Kier alpha value is -0.820. The van der Waals surface area contributed by atoms with E-state index in [9.17, 15) is 18.0 Å². The van der Waals surface area contributed by atoms with Crippen LogP contribution < -0.4 is 11.1 Å². The van der Waals surface area contributed by atoms with Gasteiger partial charge in [-0.25, -0.2) is 0 Å². The lowest BCUT2D eigenvalue weighted by atomic mass is 9.93. The molecule has 0 saturated carbocycles. The van der Waals surface area contributed by atoms with Gasteiger partial charge in [-0.05, 0) is 45.7 Å². The zero-order chi connectivity index (χ0) is 16.1. The molecule has 0 spiro atoms. The molecule has 1 aliphatic rings. The van der Waals surface area contributed by atoms with Crippen molar-refractivity contribution in [1.82, 2.24) is 10.2 Å². The molecule has 0 aromatic rings. The van der Waals surface area contributed by atoms with Crippen LogP contribution in [0.4, 0.5) is 13.2 Å². The van der Waals surface area contributed by atoms with Crippen molar-refractivity contribution >= 4 is 5.91 Å². The Morgan fingerprint density at radius 1 is 1.43 bits per heavy atom. The lowest BCUT2D eigenvalue weighted by Crippen LogP contribution is -2.55. The summed E-state index contributed by atoms with van der Waals surface area (Å²) in [6.07, 6.45) is -2.11. The number of nitrogens with two attached hydrogens (primary N) is 1. The van der Waals surface area contributed by atoms with Crippen LogP contribution >= 0.6 is 0 Å². The maximum atomic E-state index is 12.8. The van der Waals surface area contributed by atoms with E-state index in [1.165, 1.54) is 0 Å². The van der Waals surface area contributed by atoms with E-state index in [2.05, 4.69) is 5.32 Å². The molecule has 2 atom stereocenters. The number of piperidine rings is 1. The van der Waals surface area contributed by atoms with Crippen LogP contribution in [0.15, 0.2) is 0 Å². The summed E-state index contributed by atoms with van der Waals surface area (Å²) in [5.41, 5.74) is 4.56. The van der Waals surface area contributed by atoms with Gasteiger partial charge in [-0.15, -0.1) is 0 Å². The summed E-state index contributed by atoms with van der Waals surface area (Å²) in [5, 5.41) is 3.10. The van der Waals surface area contributed by atoms with Crippen molar-refractivity contribution in [2.75, 3.05) is 26.2 Å².